The Kier molecular flexibility index (Phi) is 7.34. The van der Waals surface area contributed by atoms with Crippen LogP contribution >= 0.6 is 0 Å². The molecule has 0 saturated heterocycles. The molecule has 0 aliphatic heterocycles. The van der Waals surface area contributed by atoms with Gasteiger partial charge in [0.2, 0.25) is 0 Å². The van der Waals surface area contributed by atoms with Gasteiger partial charge in [0.1, 0.15) is 5.60 Å². The second-order valence-corrected chi connectivity index (χ2v) is 5.00. The molecule has 0 spiro atoms. The molecule has 0 atom stereocenters. The third kappa shape index (κ3) is 8.37. The van der Waals surface area contributed by atoms with Crippen molar-refractivity contribution in [2.75, 3.05) is 33.0 Å². The number of nitrogens with two attached hydrogens (primary N) is 3. The summed E-state index contributed by atoms with van der Waals surface area (Å²) in [5, 5.41) is 0. The molecule has 0 aliphatic carbocycles. The van der Waals surface area contributed by atoms with Crippen molar-refractivity contribution in [3.05, 3.63) is 0 Å². The first-order valence-corrected chi connectivity index (χ1v) is 5.86. The van der Waals surface area contributed by atoms with Gasteiger partial charge in [0.25, 0.3) is 0 Å². The molecule has 0 saturated carbocycles. The van der Waals surface area contributed by atoms with Crippen molar-refractivity contribution in [3.8, 4) is 0 Å². The zero-order valence-electron chi connectivity index (χ0n) is 11.4. The molecule has 18 heavy (non-hydrogen) atoms. The van der Waals surface area contributed by atoms with Crippen molar-refractivity contribution in [2.24, 2.45) is 17.2 Å². The van der Waals surface area contributed by atoms with Crippen LogP contribution in [0.5, 0.6) is 0 Å². The van der Waals surface area contributed by atoms with Gasteiger partial charge in [-0.15, -0.1) is 0 Å². The highest BCUT2D eigenvalue weighted by atomic mass is 16.6. The summed E-state index contributed by atoms with van der Waals surface area (Å²) in [5.74, 6) is -0.696. The summed E-state index contributed by atoms with van der Waals surface area (Å²) >= 11 is 0. The van der Waals surface area contributed by atoms with E-state index >= 15 is 0 Å². The van der Waals surface area contributed by atoms with Crippen LogP contribution in [0.2, 0.25) is 0 Å². The van der Waals surface area contributed by atoms with Crippen molar-refractivity contribution in [2.45, 2.75) is 32.0 Å². The largest absolute Gasteiger partial charge is 0.458 e. The van der Waals surface area contributed by atoms with Crippen LogP contribution in [-0.2, 0) is 19.0 Å². The maximum atomic E-state index is 11.6. The van der Waals surface area contributed by atoms with E-state index in [9.17, 15) is 4.79 Å². The van der Waals surface area contributed by atoms with Gasteiger partial charge in [0.05, 0.1) is 26.4 Å². The van der Waals surface area contributed by atoms with Crippen molar-refractivity contribution >= 4 is 5.97 Å². The van der Waals surface area contributed by atoms with E-state index in [1.54, 1.807) is 20.8 Å². The first-order chi connectivity index (χ1) is 8.19. The Morgan fingerprint density at radius 1 is 1.06 bits per heavy atom. The smallest absolute Gasteiger partial charge is 0.343 e. The molecule has 0 aromatic carbocycles. The van der Waals surface area contributed by atoms with Crippen LogP contribution in [0, 0.1) is 0 Å². The van der Waals surface area contributed by atoms with E-state index in [4.69, 9.17) is 31.4 Å². The molecule has 0 rings (SSSR count). The number of ether oxygens (including phenoxy) is 3. The average molecular weight is 263 g/mol. The maximum absolute atomic E-state index is 11.6. The van der Waals surface area contributed by atoms with Crippen molar-refractivity contribution in [3.63, 3.8) is 0 Å². The first kappa shape index (κ1) is 17.3. The summed E-state index contributed by atoms with van der Waals surface area (Å²) in [5.41, 5.74) is 14.2. The maximum Gasteiger partial charge on any atom is 0.343 e. The minimum Gasteiger partial charge on any atom is -0.458 e. The van der Waals surface area contributed by atoms with Gasteiger partial charge in [0, 0.05) is 6.54 Å². The molecule has 7 nitrogen and oxygen atoms in total. The van der Waals surface area contributed by atoms with Gasteiger partial charge in [-0.1, -0.05) is 0 Å². The minimum atomic E-state index is -1.65. The summed E-state index contributed by atoms with van der Waals surface area (Å²) in [4.78, 5) is 11.6. The van der Waals surface area contributed by atoms with E-state index in [0.717, 1.165) is 0 Å². The molecule has 0 aromatic rings. The van der Waals surface area contributed by atoms with Gasteiger partial charge in [-0.25, -0.2) is 4.79 Å². The van der Waals surface area contributed by atoms with Crippen LogP contribution in [0.25, 0.3) is 0 Å². The Hall–Kier alpha value is -0.730. The van der Waals surface area contributed by atoms with E-state index in [2.05, 4.69) is 0 Å². The monoisotopic (exact) mass is 263 g/mol. The first-order valence-electron chi connectivity index (χ1n) is 5.86. The molecule has 0 fully saturated rings. The molecular formula is C11H25N3O4. The third-order valence-electron chi connectivity index (χ3n) is 1.75. The molecule has 0 unspecified atom stereocenters. The number of hydrogen-bond donors (Lipinski definition) is 3. The second-order valence-electron chi connectivity index (χ2n) is 5.00. The average Bonchev–Trinajstić information content (AvgIpc) is 2.20. The fourth-order valence-electron chi connectivity index (χ4n) is 0.976. The molecule has 0 amide bonds. The standard InChI is InChI=1S/C11H25N3O4/c1-10(2,3)18-9(15)11(13,14)8-17-7-6-16-5-4-12/h4-8,12-14H2,1-3H3. The topological polar surface area (TPSA) is 123 Å². The van der Waals surface area contributed by atoms with Crippen LogP contribution in [-0.4, -0.2) is 50.2 Å². The molecule has 0 aromatic heterocycles. The van der Waals surface area contributed by atoms with E-state index in [0.29, 0.717) is 26.4 Å². The Bertz CT molecular complexity index is 251. The van der Waals surface area contributed by atoms with E-state index in [1.165, 1.54) is 0 Å². The number of hydrogen-bond acceptors (Lipinski definition) is 7. The van der Waals surface area contributed by atoms with Crippen LogP contribution in [0.15, 0.2) is 0 Å². The number of carbonyl (C=O) groups is 1. The van der Waals surface area contributed by atoms with Gasteiger partial charge in [-0.05, 0) is 20.8 Å². The van der Waals surface area contributed by atoms with E-state index in [-0.39, 0.29) is 6.61 Å². The molecule has 7 heteroatoms. The molecular weight excluding hydrogens is 238 g/mol. The summed E-state index contributed by atoms with van der Waals surface area (Å²) in [6.45, 7) is 6.67. The lowest BCUT2D eigenvalue weighted by Crippen LogP contribution is -2.61. The van der Waals surface area contributed by atoms with Gasteiger partial charge in [-0.3, -0.25) is 0 Å². The normalized spacial score (nSPS) is 12.6. The van der Waals surface area contributed by atoms with Gasteiger partial charge < -0.3 is 31.4 Å². The summed E-state index contributed by atoms with van der Waals surface area (Å²) in [6, 6.07) is 0. The predicted molar refractivity (Wildman–Crippen MR) is 67.6 cm³/mol. The highest BCUT2D eigenvalue weighted by Crippen LogP contribution is 2.10. The summed E-state index contributed by atoms with van der Waals surface area (Å²) < 4.78 is 15.3. The number of esters is 1. The van der Waals surface area contributed by atoms with Crippen LogP contribution in [0.1, 0.15) is 20.8 Å². The lowest BCUT2D eigenvalue weighted by molar-refractivity contribution is -0.164. The summed E-state index contributed by atoms with van der Waals surface area (Å²) in [7, 11) is 0. The minimum absolute atomic E-state index is 0.131. The second kappa shape index (κ2) is 7.65. The Labute approximate surface area is 108 Å². The van der Waals surface area contributed by atoms with Crippen molar-refractivity contribution in [1.29, 1.82) is 0 Å². The van der Waals surface area contributed by atoms with Gasteiger partial charge >= 0.3 is 5.97 Å². The molecule has 0 radical (unpaired) electrons. The molecule has 0 aliphatic rings. The van der Waals surface area contributed by atoms with E-state index < -0.39 is 17.2 Å². The predicted octanol–water partition coefficient (Wildman–Crippen LogP) is -1.07. The fourth-order valence-corrected chi connectivity index (χ4v) is 0.976. The molecule has 0 heterocycles. The van der Waals surface area contributed by atoms with Crippen LogP contribution in [0.4, 0.5) is 0 Å². The molecule has 6 N–H and O–H groups in total. The fraction of sp³-hybridized carbons (Fsp3) is 0.909. The van der Waals surface area contributed by atoms with Crippen molar-refractivity contribution < 1.29 is 19.0 Å². The van der Waals surface area contributed by atoms with E-state index in [1.807, 2.05) is 0 Å². The Morgan fingerprint density at radius 3 is 2.11 bits per heavy atom. The SMILES string of the molecule is CC(C)(C)OC(=O)C(N)(N)COCCOCCN. The van der Waals surface area contributed by atoms with Crippen molar-refractivity contribution in [1.82, 2.24) is 0 Å². The highest BCUT2D eigenvalue weighted by molar-refractivity contribution is 5.80. The molecule has 108 valence electrons. The Balaban J connectivity index is 3.89. The Morgan fingerprint density at radius 2 is 1.61 bits per heavy atom. The van der Waals surface area contributed by atoms with Crippen LogP contribution < -0.4 is 17.2 Å². The highest BCUT2D eigenvalue weighted by Gasteiger charge is 2.34. The lowest BCUT2D eigenvalue weighted by Gasteiger charge is -2.27. The zero-order valence-corrected chi connectivity index (χ0v) is 11.4. The lowest BCUT2D eigenvalue weighted by atomic mass is 10.1. The van der Waals surface area contributed by atoms with Crippen LogP contribution in [0.3, 0.4) is 0 Å². The third-order valence-corrected chi connectivity index (χ3v) is 1.75. The summed E-state index contributed by atoms with van der Waals surface area (Å²) in [6.07, 6.45) is 0. The molecule has 0 bridgehead atoms. The zero-order chi connectivity index (χ0) is 14.2. The van der Waals surface area contributed by atoms with Gasteiger partial charge in [0.15, 0.2) is 5.66 Å². The quantitative estimate of drug-likeness (QED) is 0.289. The van der Waals surface area contributed by atoms with Gasteiger partial charge in [-0.2, -0.15) is 0 Å². The number of rotatable bonds is 8. The number of carbonyl (C=O) groups excluding carboxylic acids is 1.